The largest absolute Gasteiger partial charge is 0.335 e. The van der Waals surface area contributed by atoms with Gasteiger partial charge in [0.1, 0.15) is 9.52 Å². The zero-order chi connectivity index (χ0) is 8.91. The van der Waals surface area contributed by atoms with Crippen LogP contribution in [0.4, 0.5) is 0 Å². The highest BCUT2D eigenvalue weighted by Gasteiger charge is 2.30. The molecule has 5 heteroatoms. The summed E-state index contributed by atoms with van der Waals surface area (Å²) >= 11 is 0. The lowest BCUT2D eigenvalue weighted by Gasteiger charge is -2.29. The summed E-state index contributed by atoms with van der Waals surface area (Å²) in [6.45, 7) is 1.93. The molecule has 0 spiro atoms. The van der Waals surface area contributed by atoms with Crippen molar-refractivity contribution in [2.75, 3.05) is 21.3 Å². The SMILES string of the molecule is COC(OC)(OC)[SiH2]C(C)N. The van der Waals surface area contributed by atoms with E-state index in [1.54, 1.807) is 21.3 Å². The molecule has 0 saturated carbocycles. The van der Waals surface area contributed by atoms with Gasteiger partial charge in [-0.25, -0.2) is 0 Å². The molecule has 0 bridgehead atoms. The highest BCUT2D eigenvalue weighted by molar-refractivity contribution is 6.40. The minimum atomic E-state index is -0.839. The molecule has 4 nitrogen and oxygen atoms in total. The van der Waals surface area contributed by atoms with E-state index in [2.05, 4.69) is 0 Å². The van der Waals surface area contributed by atoms with E-state index in [0.29, 0.717) is 0 Å². The van der Waals surface area contributed by atoms with Gasteiger partial charge in [-0.05, 0) is 5.67 Å². The highest BCUT2D eigenvalue weighted by atomic mass is 28.2. The van der Waals surface area contributed by atoms with Crippen molar-refractivity contribution in [1.29, 1.82) is 0 Å². The van der Waals surface area contributed by atoms with E-state index in [4.69, 9.17) is 19.9 Å². The highest BCUT2D eigenvalue weighted by Crippen LogP contribution is 2.10. The molecule has 2 N–H and O–H groups in total. The maximum Gasteiger partial charge on any atom is 0.250 e. The van der Waals surface area contributed by atoms with Gasteiger partial charge in [-0.3, -0.25) is 0 Å². The maximum atomic E-state index is 5.63. The smallest absolute Gasteiger partial charge is 0.250 e. The molecule has 0 aromatic carbocycles. The molecule has 11 heavy (non-hydrogen) atoms. The van der Waals surface area contributed by atoms with Gasteiger partial charge < -0.3 is 19.9 Å². The topological polar surface area (TPSA) is 53.7 Å². The van der Waals surface area contributed by atoms with Gasteiger partial charge in [0.05, 0.1) is 0 Å². The molecular formula is C6H17NO3Si. The minimum Gasteiger partial charge on any atom is -0.335 e. The minimum absolute atomic E-state index is 0.120. The molecule has 0 heterocycles. The van der Waals surface area contributed by atoms with Crippen LogP contribution in [0.25, 0.3) is 0 Å². The summed E-state index contributed by atoms with van der Waals surface area (Å²) in [5.74, 6) is 0. The van der Waals surface area contributed by atoms with E-state index in [0.717, 1.165) is 0 Å². The predicted octanol–water partition coefficient (Wildman–Crippen LogP) is -0.990. The zero-order valence-electron chi connectivity index (χ0n) is 7.59. The molecule has 0 amide bonds. The summed E-state index contributed by atoms with van der Waals surface area (Å²) in [6, 6.07) is 0. The first-order valence-corrected chi connectivity index (χ1v) is 5.03. The van der Waals surface area contributed by atoms with E-state index in [1.807, 2.05) is 6.92 Å². The third-order valence-corrected chi connectivity index (χ3v) is 3.51. The molecule has 0 aromatic heterocycles. The Morgan fingerprint density at radius 1 is 1.18 bits per heavy atom. The molecule has 68 valence electrons. The molecule has 0 rings (SSSR count). The second-order valence-corrected chi connectivity index (χ2v) is 5.04. The van der Waals surface area contributed by atoms with Gasteiger partial charge >= 0.3 is 0 Å². The third-order valence-electron chi connectivity index (χ3n) is 1.50. The summed E-state index contributed by atoms with van der Waals surface area (Å²) in [4.78, 5) is 0. The lowest BCUT2D eigenvalue weighted by Crippen LogP contribution is -2.49. The van der Waals surface area contributed by atoms with Crippen molar-refractivity contribution in [3.05, 3.63) is 0 Å². The second-order valence-electron chi connectivity index (χ2n) is 2.48. The van der Waals surface area contributed by atoms with E-state index in [-0.39, 0.29) is 5.67 Å². The van der Waals surface area contributed by atoms with E-state index in [9.17, 15) is 0 Å². The van der Waals surface area contributed by atoms with Crippen LogP contribution in [0.15, 0.2) is 0 Å². The maximum absolute atomic E-state index is 5.63. The van der Waals surface area contributed by atoms with Crippen molar-refractivity contribution in [1.82, 2.24) is 0 Å². The molecule has 0 aliphatic heterocycles. The van der Waals surface area contributed by atoms with Crippen molar-refractivity contribution < 1.29 is 14.2 Å². The number of hydrogen-bond acceptors (Lipinski definition) is 4. The number of methoxy groups -OCH3 is 3. The summed E-state index contributed by atoms with van der Waals surface area (Å²) in [5.41, 5.74) is 4.91. The Morgan fingerprint density at radius 3 is 1.64 bits per heavy atom. The standard InChI is InChI=1S/C6H17NO3Si/c1-5(7)11-6(8-2,9-3)10-4/h5H,7,11H2,1-4H3. The quantitative estimate of drug-likeness (QED) is 0.435. The lowest BCUT2D eigenvalue weighted by molar-refractivity contribution is -0.295. The number of ether oxygens (including phenoxy) is 3. The molecule has 0 radical (unpaired) electrons. The molecule has 0 aromatic rings. The van der Waals surface area contributed by atoms with Crippen molar-refractivity contribution in [3.8, 4) is 0 Å². The van der Waals surface area contributed by atoms with Crippen LogP contribution in [0.2, 0.25) is 0 Å². The van der Waals surface area contributed by atoms with Crippen LogP contribution in [0.5, 0.6) is 0 Å². The van der Waals surface area contributed by atoms with Crippen LogP contribution >= 0.6 is 0 Å². The molecule has 0 aliphatic rings. The zero-order valence-corrected chi connectivity index (χ0v) is 9.00. The van der Waals surface area contributed by atoms with Crippen LogP contribution < -0.4 is 5.73 Å². The van der Waals surface area contributed by atoms with Crippen molar-refractivity contribution >= 4 is 9.52 Å². The Hall–Kier alpha value is 0.0569. The van der Waals surface area contributed by atoms with Crippen LogP contribution in [-0.4, -0.2) is 42.1 Å². The summed E-state index contributed by atoms with van der Waals surface area (Å²) in [7, 11) is 3.94. The number of nitrogens with two attached hydrogens (primary N) is 1. The fourth-order valence-corrected chi connectivity index (χ4v) is 2.18. The number of rotatable bonds is 5. The van der Waals surface area contributed by atoms with Gasteiger partial charge in [-0.1, -0.05) is 6.92 Å². The van der Waals surface area contributed by atoms with Crippen LogP contribution in [0.3, 0.4) is 0 Å². The normalized spacial score (nSPS) is 16.1. The average Bonchev–Trinajstić information content (AvgIpc) is 2.00. The molecule has 0 saturated heterocycles. The van der Waals surface area contributed by atoms with Gasteiger partial charge in [-0.2, -0.15) is 0 Å². The van der Waals surface area contributed by atoms with Crippen LogP contribution in [0, 0.1) is 0 Å². The van der Waals surface area contributed by atoms with Crippen molar-refractivity contribution in [2.45, 2.75) is 18.2 Å². The number of hydrogen-bond donors (Lipinski definition) is 1. The molecule has 1 unspecified atom stereocenters. The first-order chi connectivity index (χ1) is 5.10. The summed E-state index contributed by atoms with van der Waals surface area (Å²) in [5, 5.41) is 0. The third kappa shape index (κ3) is 3.30. The Labute approximate surface area is 69.8 Å². The molecule has 1 atom stereocenters. The monoisotopic (exact) mass is 179 g/mol. The van der Waals surface area contributed by atoms with Crippen molar-refractivity contribution in [2.24, 2.45) is 5.73 Å². The van der Waals surface area contributed by atoms with Gasteiger partial charge in [-0.15, -0.1) is 0 Å². The van der Waals surface area contributed by atoms with E-state index < -0.39 is 15.1 Å². The molecular weight excluding hydrogens is 162 g/mol. The molecule has 0 fully saturated rings. The van der Waals surface area contributed by atoms with E-state index in [1.165, 1.54) is 0 Å². The first kappa shape index (κ1) is 11.1. The van der Waals surface area contributed by atoms with Gasteiger partial charge in [0.15, 0.2) is 0 Å². The fraction of sp³-hybridized carbons (Fsp3) is 1.00. The summed E-state index contributed by atoms with van der Waals surface area (Å²) in [6.07, 6.45) is 0. The predicted molar refractivity (Wildman–Crippen MR) is 46.0 cm³/mol. The Kier molecular flexibility index (Phi) is 4.86. The fourth-order valence-electron chi connectivity index (χ4n) is 0.894. The van der Waals surface area contributed by atoms with Gasteiger partial charge in [0.2, 0.25) is 5.60 Å². The first-order valence-electron chi connectivity index (χ1n) is 3.51. The Bertz CT molecular complexity index is 97.7. The van der Waals surface area contributed by atoms with Crippen molar-refractivity contribution in [3.63, 3.8) is 0 Å². The van der Waals surface area contributed by atoms with Crippen LogP contribution in [-0.2, 0) is 14.2 Å². The second kappa shape index (κ2) is 4.84. The Balaban J connectivity index is 4.05. The summed E-state index contributed by atoms with van der Waals surface area (Å²) < 4.78 is 15.3. The molecule has 0 aliphatic carbocycles. The average molecular weight is 179 g/mol. The van der Waals surface area contributed by atoms with Crippen LogP contribution in [0.1, 0.15) is 6.92 Å². The Morgan fingerprint density at radius 2 is 1.55 bits per heavy atom. The lowest BCUT2D eigenvalue weighted by atomic mass is 10.8. The van der Waals surface area contributed by atoms with Gasteiger partial charge in [0, 0.05) is 21.3 Å². The van der Waals surface area contributed by atoms with Gasteiger partial charge in [0.25, 0.3) is 0 Å². The van der Waals surface area contributed by atoms with E-state index >= 15 is 0 Å².